The zero-order chi connectivity index (χ0) is 32.5. The number of hydrogen-bond acceptors (Lipinski definition) is 4. The molecule has 1 N–H and O–H groups in total. The molecule has 1 aliphatic carbocycles. The predicted molar refractivity (Wildman–Crippen MR) is 189 cm³/mol. The number of phenolic OH excluding ortho intramolecular Hbond substituents is 1. The third-order valence-electron chi connectivity index (χ3n) is 10.5. The Morgan fingerprint density at radius 2 is 1.35 bits per heavy atom. The Morgan fingerprint density at radius 3 is 2.07 bits per heavy atom. The minimum absolute atomic E-state index is 0.207. The molecule has 0 saturated carbocycles. The van der Waals surface area contributed by atoms with Crippen LogP contribution in [0.3, 0.4) is 0 Å². The fraction of sp³-hybridized carbons (Fsp3) is 0.293. The number of aromatic hydroxyl groups is 1. The minimum Gasteiger partial charge on any atom is -0.507 e. The lowest BCUT2D eigenvalue weighted by atomic mass is 9.56. The van der Waals surface area contributed by atoms with Crippen LogP contribution in [-0.4, -0.2) is 24.6 Å². The van der Waals surface area contributed by atoms with Gasteiger partial charge in [-0.1, -0.05) is 116 Å². The van der Waals surface area contributed by atoms with Crippen molar-refractivity contribution in [3.63, 3.8) is 0 Å². The molecule has 0 unspecified atom stereocenters. The first-order valence-electron chi connectivity index (χ1n) is 16.3. The Hall–Kier alpha value is -4.77. The van der Waals surface area contributed by atoms with Crippen molar-refractivity contribution in [2.24, 2.45) is 0 Å². The van der Waals surface area contributed by atoms with Gasteiger partial charge in [0, 0.05) is 40.5 Å². The maximum absolute atomic E-state index is 11.2. The molecule has 0 bridgehead atoms. The molecule has 0 atom stereocenters. The number of fused-ring (bicyclic) bond motifs is 4. The summed E-state index contributed by atoms with van der Waals surface area (Å²) in [5, 5.41) is 13.4. The highest BCUT2D eigenvalue weighted by atomic mass is 16.3. The molecule has 5 heteroatoms. The van der Waals surface area contributed by atoms with Gasteiger partial charge >= 0.3 is 0 Å². The lowest BCUT2D eigenvalue weighted by molar-refractivity contribution is 0.296. The topological polar surface area (TPSA) is 63.8 Å². The molecule has 5 nitrogen and oxygen atoms in total. The molecule has 46 heavy (non-hydrogen) atoms. The largest absolute Gasteiger partial charge is 0.507 e. The van der Waals surface area contributed by atoms with E-state index in [1.54, 1.807) is 6.07 Å². The van der Waals surface area contributed by atoms with Crippen molar-refractivity contribution in [2.75, 3.05) is 0 Å². The first kappa shape index (κ1) is 29.9. The average molecular weight is 607 g/mol. The van der Waals surface area contributed by atoms with Crippen LogP contribution in [0.4, 0.5) is 0 Å². The first-order chi connectivity index (χ1) is 21.9. The van der Waals surface area contributed by atoms with E-state index in [0.717, 1.165) is 61.6 Å². The Bertz CT molecular complexity index is 2100. The van der Waals surface area contributed by atoms with Gasteiger partial charge in [0.1, 0.15) is 17.3 Å². The normalized spacial score (nSPS) is 14.9. The van der Waals surface area contributed by atoms with Gasteiger partial charge in [-0.2, -0.15) is 0 Å². The van der Waals surface area contributed by atoms with Gasteiger partial charge in [-0.3, -0.25) is 9.55 Å². The third kappa shape index (κ3) is 4.39. The number of pyridine rings is 2. The smallest absolute Gasteiger partial charge is 0.147 e. The molecule has 0 fully saturated rings. The van der Waals surface area contributed by atoms with Crippen molar-refractivity contribution in [3.8, 4) is 45.5 Å². The first-order valence-corrected chi connectivity index (χ1v) is 16.3. The fourth-order valence-electron chi connectivity index (χ4n) is 7.23. The Labute approximate surface area is 272 Å². The summed E-state index contributed by atoms with van der Waals surface area (Å²) in [4.78, 5) is 15.3. The number of rotatable bonds is 5. The van der Waals surface area contributed by atoms with Gasteiger partial charge in [0.15, 0.2) is 0 Å². The predicted octanol–water partition coefficient (Wildman–Crippen LogP) is 10.3. The number of aromatic nitrogens is 4. The van der Waals surface area contributed by atoms with Gasteiger partial charge in [-0.25, -0.2) is 9.97 Å². The zero-order valence-electron chi connectivity index (χ0n) is 28.1. The maximum Gasteiger partial charge on any atom is 0.147 e. The Morgan fingerprint density at radius 1 is 0.674 bits per heavy atom. The molecule has 0 saturated heterocycles. The van der Waals surface area contributed by atoms with Gasteiger partial charge < -0.3 is 5.11 Å². The van der Waals surface area contributed by atoms with Crippen LogP contribution in [0.1, 0.15) is 89.5 Å². The maximum atomic E-state index is 11.2. The van der Waals surface area contributed by atoms with Crippen LogP contribution in [0.15, 0.2) is 91.4 Å². The van der Waals surface area contributed by atoms with Crippen LogP contribution in [0.2, 0.25) is 0 Å². The number of phenols is 1. The molecule has 0 amide bonds. The fourth-order valence-corrected chi connectivity index (χ4v) is 7.23. The summed E-state index contributed by atoms with van der Waals surface area (Å²) < 4.78 is 2.27. The second kappa shape index (κ2) is 10.7. The van der Waals surface area contributed by atoms with E-state index in [0.29, 0.717) is 11.8 Å². The highest BCUT2D eigenvalue weighted by Gasteiger charge is 2.47. The van der Waals surface area contributed by atoms with Crippen molar-refractivity contribution in [2.45, 2.75) is 78.1 Å². The van der Waals surface area contributed by atoms with Crippen LogP contribution in [0.5, 0.6) is 5.75 Å². The summed E-state index contributed by atoms with van der Waals surface area (Å²) in [6.45, 7) is 18.1. The molecular weight excluding hydrogens is 564 g/mol. The summed E-state index contributed by atoms with van der Waals surface area (Å²) in [7, 11) is 0. The van der Waals surface area contributed by atoms with Gasteiger partial charge in [0.25, 0.3) is 0 Å². The molecule has 0 radical (unpaired) electrons. The SMILES string of the molecule is CC(C)c1cccc(C(C)C)c1-n1cc(-c2ccc3c(n2)-c2c(O)cccc2C(C)(C)C3(C)C)nc1-c1cncc2ccccc12. The van der Waals surface area contributed by atoms with Crippen LogP contribution >= 0.6 is 0 Å². The van der Waals surface area contributed by atoms with Crippen molar-refractivity contribution in [3.05, 3.63) is 114 Å². The molecule has 0 spiro atoms. The number of imidazole rings is 1. The summed E-state index contributed by atoms with van der Waals surface area (Å²) in [6.07, 6.45) is 5.98. The lowest BCUT2D eigenvalue weighted by Crippen LogP contribution is -2.43. The van der Waals surface area contributed by atoms with E-state index in [4.69, 9.17) is 9.97 Å². The van der Waals surface area contributed by atoms with Crippen LogP contribution < -0.4 is 0 Å². The van der Waals surface area contributed by atoms with E-state index in [9.17, 15) is 5.11 Å². The van der Waals surface area contributed by atoms with Gasteiger partial charge in [-0.15, -0.1) is 0 Å². The number of nitrogens with zero attached hydrogens (tertiary/aromatic N) is 4. The standard InChI is InChI=1S/C41H42N4O/c1-24(2)27-15-11-16-28(25(3)4)38(27)45-23-34(44-39(45)30-22-42-21-26-13-9-10-14-29(26)30)33-20-19-32-37(43-33)36-31(17-12-18-35(36)46)40(5,6)41(32,7)8/h9-25,46H,1-8H3. The Balaban J connectivity index is 1.53. The average Bonchev–Trinajstić information content (AvgIpc) is 3.48. The van der Waals surface area contributed by atoms with Crippen molar-refractivity contribution < 1.29 is 5.11 Å². The molecular formula is C41H42N4O. The third-order valence-corrected chi connectivity index (χ3v) is 10.5. The molecule has 3 aromatic carbocycles. The van der Waals surface area contributed by atoms with E-state index in [2.05, 4.69) is 126 Å². The molecule has 1 aliphatic rings. The number of para-hydroxylation sites is 1. The van der Waals surface area contributed by atoms with E-state index in [1.807, 2.05) is 24.5 Å². The zero-order valence-corrected chi connectivity index (χ0v) is 28.1. The number of hydrogen-bond donors (Lipinski definition) is 1. The molecule has 232 valence electrons. The molecule has 3 aromatic heterocycles. The minimum atomic E-state index is -0.212. The van der Waals surface area contributed by atoms with Gasteiger partial charge in [-0.05, 0) is 57.0 Å². The molecule has 7 rings (SSSR count). The second-order valence-electron chi connectivity index (χ2n) is 14.4. The van der Waals surface area contributed by atoms with Crippen LogP contribution in [0, 0.1) is 0 Å². The van der Waals surface area contributed by atoms with E-state index >= 15 is 0 Å². The van der Waals surface area contributed by atoms with E-state index < -0.39 is 0 Å². The molecule has 0 aliphatic heterocycles. The van der Waals surface area contributed by atoms with E-state index in [1.165, 1.54) is 11.1 Å². The number of benzene rings is 3. The Kier molecular flexibility index (Phi) is 6.93. The van der Waals surface area contributed by atoms with Crippen molar-refractivity contribution in [1.82, 2.24) is 19.5 Å². The summed E-state index contributed by atoms with van der Waals surface area (Å²) in [6, 6.07) is 25.1. The van der Waals surface area contributed by atoms with Crippen LogP contribution in [-0.2, 0) is 10.8 Å². The van der Waals surface area contributed by atoms with Crippen molar-refractivity contribution >= 4 is 10.8 Å². The molecule has 3 heterocycles. The summed E-state index contributed by atoms with van der Waals surface area (Å²) in [5.41, 5.74) is 9.67. The highest BCUT2D eigenvalue weighted by Crippen LogP contribution is 2.55. The summed E-state index contributed by atoms with van der Waals surface area (Å²) in [5.74, 6) is 1.71. The quantitative estimate of drug-likeness (QED) is 0.212. The van der Waals surface area contributed by atoms with Crippen LogP contribution in [0.25, 0.3) is 50.5 Å². The lowest BCUT2D eigenvalue weighted by Gasteiger charge is -2.47. The van der Waals surface area contributed by atoms with Gasteiger partial charge in [0.2, 0.25) is 0 Å². The van der Waals surface area contributed by atoms with Crippen molar-refractivity contribution in [1.29, 1.82) is 0 Å². The monoisotopic (exact) mass is 606 g/mol. The second-order valence-corrected chi connectivity index (χ2v) is 14.4. The highest BCUT2D eigenvalue weighted by molar-refractivity contribution is 5.95. The molecule has 6 aromatic rings. The summed E-state index contributed by atoms with van der Waals surface area (Å²) >= 11 is 0. The van der Waals surface area contributed by atoms with Gasteiger partial charge in [0.05, 0.1) is 17.1 Å². The van der Waals surface area contributed by atoms with E-state index in [-0.39, 0.29) is 16.6 Å².